The number of likely N-dealkylation sites (tertiary alicyclic amines) is 1. The first-order valence-corrected chi connectivity index (χ1v) is 28.5. The van der Waals surface area contributed by atoms with E-state index in [4.69, 9.17) is 9.47 Å². The van der Waals surface area contributed by atoms with Crippen molar-refractivity contribution in [1.82, 2.24) is 15.1 Å². The number of nitrogens with one attached hydrogen (secondary N) is 1. The quantitative estimate of drug-likeness (QED) is 0.0368. The van der Waals surface area contributed by atoms with Crippen LogP contribution in [-0.4, -0.2) is 84.0 Å². The van der Waals surface area contributed by atoms with Gasteiger partial charge in [-0.2, -0.15) is 0 Å². The maximum Gasteiger partial charge on any atom is 0.325 e. The molecule has 0 saturated carbocycles. The highest BCUT2D eigenvalue weighted by Crippen LogP contribution is 2.22. The zero-order chi connectivity index (χ0) is 49.1. The monoisotopic (exact) mass is 942 g/mol. The number of carbonyl (C=O) groups is 4. The lowest BCUT2D eigenvalue weighted by Crippen LogP contribution is -2.53. The van der Waals surface area contributed by atoms with Gasteiger partial charge in [0.1, 0.15) is 18.2 Å². The van der Waals surface area contributed by atoms with Crippen molar-refractivity contribution in [2.45, 2.75) is 290 Å². The van der Waals surface area contributed by atoms with Crippen LogP contribution in [0.5, 0.6) is 0 Å². The zero-order valence-corrected chi connectivity index (χ0v) is 44.8. The van der Waals surface area contributed by atoms with Crippen molar-refractivity contribution in [2.75, 3.05) is 32.8 Å². The maximum atomic E-state index is 14.2. The summed E-state index contributed by atoms with van der Waals surface area (Å²) in [7, 11) is 0. The summed E-state index contributed by atoms with van der Waals surface area (Å²) in [5.74, 6) is -0.911. The van der Waals surface area contributed by atoms with Crippen LogP contribution in [0.2, 0.25) is 0 Å². The minimum Gasteiger partial charge on any atom is -0.466 e. The van der Waals surface area contributed by atoms with E-state index in [1.807, 2.05) is 25.7 Å². The van der Waals surface area contributed by atoms with Crippen LogP contribution in [0.1, 0.15) is 273 Å². The van der Waals surface area contributed by atoms with E-state index in [0.29, 0.717) is 51.3 Å². The van der Waals surface area contributed by atoms with Crippen molar-refractivity contribution in [3.05, 3.63) is 24.3 Å². The minimum atomic E-state index is -0.688. The molecule has 2 unspecified atom stereocenters. The standard InChI is InChI=1S/C58H107N3O6/c1-7-10-12-14-16-18-20-22-24-26-28-30-32-34-38-45-54(62)61(49-48-60-47-41-40-43-52(60)9-3)53(57(65)59-51-56(64)67-58(4,5)6)44-37-36-42-50-66-55(63)46-39-35-33-31-29-27-25-23-21-19-17-15-13-11-8-2/h22-25,52-53H,7-21,26-51H2,1-6H3,(H,59,65)/b24-22-,25-23-. The lowest BCUT2D eigenvalue weighted by Gasteiger charge is -2.38. The molecule has 1 rings (SSSR count). The van der Waals surface area contributed by atoms with Gasteiger partial charge >= 0.3 is 11.9 Å². The normalized spacial score (nSPS) is 15.0. The number of nitrogens with zero attached hydrogens (tertiary/aromatic N) is 2. The molecule has 0 aromatic carbocycles. The third kappa shape index (κ3) is 36.9. The lowest BCUT2D eigenvalue weighted by molar-refractivity contribution is -0.155. The number of hydrogen-bond acceptors (Lipinski definition) is 7. The number of allylic oxidation sites excluding steroid dienone is 4. The molecule has 1 saturated heterocycles. The third-order valence-electron chi connectivity index (χ3n) is 13.4. The second kappa shape index (κ2) is 43.3. The Morgan fingerprint density at radius 3 is 1.63 bits per heavy atom. The second-order valence-electron chi connectivity index (χ2n) is 20.7. The van der Waals surface area contributed by atoms with Crippen molar-refractivity contribution in [3.63, 3.8) is 0 Å². The Bertz CT molecular complexity index is 1280. The predicted molar refractivity (Wildman–Crippen MR) is 282 cm³/mol. The van der Waals surface area contributed by atoms with Crippen LogP contribution in [0.4, 0.5) is 0 Å². The lowest BCUT2D eigenvalue weighted by atomic mass is 10.00. The van der Waals surface area contributed by atoms with Crippen LogP contribution in [0, 0.1) is 0 Å². The molecule has 0 aromatic heterocycles. The van der Waals surface area contributed by atoms with Gasteiger partial charge in [0, 0.05) is 32.0 Å². The van der Waals surface area contributed by atoms with E-state index in [1.54, 1.807) is 0 Å². The highest BCUT2D eigenvalue weighted by atomic mass is 16.6. The summed E-state index contributed by atoms with van der Waals surface area (Å²) in [5.41, 5.74) is -0.662. The van der Waals surface area contributed by atoms with Gasteiger partial charge in [0.25, 0.3) is 0 Å². The second-order valence-corrected chi connectivity index (χ2v) is 20.7. The summed E-state index contributed by atoms with van der Waals surface area (Å²) in [6, 6.07) is -0.193. The largest absolute Gasteiger partial charge is 0.466 e. The zero-order valence-electron chi connectivity index (χ0n) is 44.8. The van der Waals surface area contributed by atoms with Crippen LogP contribution in [0.3, 0.4) is 0 Å². The van der Waals surface area contributed by atoms with E-state index in [0.717, 1.165) is 90.1 Å². The van der Waals surface area contributed by atoms with E-state index < -0.39 is 17.6 Å². The highest BCUT2D eigenvalue weighted by molar-refractivity contribution is 5.89. The molecule has 0 radical (unpaired) electrons. The van der Waals surface area contributed by atoms with E-state index in [2.05, 4.69) is 55.3 Å². The molecule has 67 heavy (non-hydrogen) atoms. The molecule has 0 spiro atoms. The van der Waals surface area contributed by atoms with Gasteiger partial charge in [-0.25, -0.2) is 0 Å². The molecule has 9 nitrogen and oxygen atoms in total. The number of hydrogen-bond donors (Lipinski definition) is 1. The predicted octanol–water partition coefficient (Wildman–Crippen LogP) is 15.1. The molecule has 1 fully saturated rings. The Balaban J connectivity index is 2.66. The fraction of sp³-hybridized carbons (Fsp3) is 0.862. The Labute approximate surface area is 413 Å². The van der Waals surface area contributed by atoms with Crippen LogP contribution in [0.25, 0.3) is 0 Å². The molecule has 1 heterocycles. The van der Waals surface area contributed by atoms with Gasteiger partial charge in [-0.05, 0) is 130 Å². The Hall–Kier alpha value is -2.68. The average molecular weight is 943 g/mol. The smallest absolute Gasteiger partial charge is 0.325 e. The molecule has 0 aromatic rings. The van der Waals surface area contributed by atoms with Gasteiger partial charge in [-0.1, -0.05) is 161 Å². The van der Waals surface area contributed by atoms with Crippen LogP contribution >= 0.6 is 0 Å². The number of rotatable bonds is 44. The number of carbonyl (C=O) groups excluding carboxylic acids is 4. The van der Waals surface area contributed by atoms with Crippen molar-refractivity contribution >= 4 is 23.8 Å². The molecular weight excluding hydrogens is 835 g/mol. The third-order valence-corrected chi connectivity index (χ3v) is 13.4. The van der Waals surface area contributed by atoms with Gasteiger partial charge in [-0.15, -0.1) is 0 Å². The van der Waals surface area contributed by atoms with Crippen LogP contribution < -0.4 is 5.32 Å². The van der Waals surface area contributed by atoms with Crippen molar-refractivity contribution in [3.8, 4) is 0 Å². The Kier molecular flexibility index (Phi) is 40.3. The number of unbranched alkanes of at least 4 members (excludes halogenated alkanes) is 24. The van der Waals surface area contributed by atoms with E-state index >= 15 is 0 Å². The maximum absolute atomic E-state index is 14.2. The number of ether oxygens (including phenoxy) is 2. The Morgan fingerprint density at radius 2 is 1.10 bits per heavy atom. The summed E-state index contributed by atoms with van der Waals surface area (Å²) in [6.45, 7) is 14.6. The van der Waals surface area contributed by atoms with Crippen LogP contribution in [0.15, 0.2) is 24.3 Å². The van der Waals surface area contributed by atoms with Gasteiger partial charge in [0.2, 0.25) is 11.8 Å². The molecule has 2 atom stereocenters. The molecule has 390 valence electrons. The molecule has 2 amide bonds. The summed E-state index contributed by atoms with van der Waals surface area (Å²) in [4.78, 5) is 57.7. The van der Waals surface area contributed by atoms with Crippen molar-refractivity contribution in [2.24, 2.45) is 0 Å². The molecule has 1 aliphatic rings. The SMILES string of the molecule is CCCCCCCC/C=C\CCCCCCCC(=O)OCCCCCC(C(=O)NCC(=O)OC(C)(C)C)N(CCN1CCCCC1CC)C(=O)CCCCCCC/C=C\CCCCCCCC. The Morgan fingerprint density at radius 1 is 0.612 bits per heavy atom. The van der Waals surface area contributed by atoms with Gasteiger partial charge in [-0.3, -0.25) is 24.1 Å². The van der Waals surface area contributed by atoms with E-state index in [1.165, 1.54) is 122 Å². The van der Waals surface area contributed by atoms with Gasteiger partial charge in [0.15, 0.2) is 0 Å². The topological polar surface area (TPSA) is 105 Å². The van der Waals surface area contributed by atoms with Gasteiger partial charge < -0.3 is 19.7 Å². The van der Waals surface area contributed by atoms with Gasteiger partial charge in [0.05, 0.1) is 6.61 Å². The minimum absolute atomic E-state index is 0.0182. The number of esters is 2. The summed E-state index contributed by atoms with van der Waals surface area (Å²) >= 11 is 0. The first-order chi connectivity index (χ1) is 32.5. The molecule has 0 aliphatic carbocycles. The first kappa shape index (κ1) is 62.3. The molecule has 9 heteroatoms. The number of amides is 2. The first-order valence-electron chi connectivity index (χ1n) is 28.5. The van der Waals surface area contributed by atoms with Crippen molar-refractivity contribution in [1.29, 1.82) is 0 Å². The summed E-state index contributed by atoms with van der Waals surface area (Å²) < 4.78 is 11.1. The summed E-state index contributed by atoms with van der Waals surface area (Å²) in [5, 5.41) is 2.84. The van der Waals surface area contributed by atoms with Crippen molar-refractivity contribution < 1.29 is 28.7 Å². The fourth-order valence-corrected chi connectivity index (χ4v) is 9.30. The summed E-state index contributed by atoms with van der Waals surface area (Å²) in [6.07, 6.45) is 49.1. The number of piperidine rings is 1. The van der Waals surface area contributed by atoms with E-state index in [9.17, 15) is 19.2 Å². The van der Waals surface area contributed by atoms with E-state index in [-0.39, 0.29) is 24.3 Å². The van der Waals surface area contributed by atoms with Crippen LogP contribution in [-0.2, 0) is 28.7 Å². The molecule has 1 aliphatic heterocycles. The average Bonchev–Trinajstić information content (AvgIpc) is 3.30. The molecule has 1 N–H and O–H groups in total. The highest BCUT2D eigenvalue weighted by Gasteiger charge is 2.31. The molecular formula is C58H107N3O6. The molecule has 0 bridgehead atoms. The fourth-order valence-electron chi connectivity index (χ4n) is 9.30.